The van der Waals surface area contributed by atoms with Crippen molar-refractivity contribution in [1.82, 2.24) is 0 Å². The third-order valence-electron chi connectivity index (χ3n) is 14.4. The molecule has 0 aromatic carbocycles. The zero-order valence-corrected chi connectivity index (χ0v) is 45.9. The van der Waals surface area contributed by atoms with Crippen molar-refractivity contribution in [3.63, 3.8) is 0 Å². The maximum Gasteiger partial charge on any atom is 0.472 e. The molecule has 3 rings (SSSR count). The van der Waals surface area contributed by atoms with Crippen LogP contribution in [0, 0.1) is 0 Å². The molecule has 0 radical (unpaired) electrons. The van der Waals surface area contributed by atoms with Crippen LogP contribution in [0.1, 0.15) is 187 Å². The van der Waals surface area contributed by atoms with E-state index in [9.17, 15) is 75.2 Å². The predicted octanol–water partition coefficient (Wildman–Crippen LogP) is 2.98. The van der Waals surface area contributed by atoms with E-state index in [1.165, 1.54) is 89.9 Å². The Bertz CT molecular complexity index is 1530. The van der Waals surface area contributed by atoms with Gasteiger partial charge in [-0.15, -0.1) is 0 Å². The van der Waals surface area contributed by atoms with Crippen molar-refractivity contribution < 1.29 is 113 Å². The fraction of sp³-hybridized carbons (Fsp3) is 0.962. The van der Waals surface area contributed by atoms with E-state index >= 15 is 0 Å². The predicted molar refractivity (Wildman–Crippen MR) is 273 cm³/mol. The Balaban J connectivity index is 1.72. The lowest BCUT2D eigenvalue weighted by Crippen LogP contribution is -2.69. The number of ether oxygens (including phenoxy) is 6. The van der Waals surface area contributed by atoms with E-state index in [1.54, 1.807) is 0 Å². The molecule has 24 heteroatoms. The van der Waals surface area contributed by atoms with Gasteiger partial charge in [-0.05, 0) is 12.8 Å². The van der Waals surface area contributed by atoms with Gasteiger partial charge in [-0.2, -0.15) is 0 Å². The van der Waals surface area contributed by atoms with Gasteiger partial charge in [0.2, 0.25) is 0 Å². The molecule has 16 unspecified atom stereocenters. The summed E-state index contributed by atoms with van der Waals surface area (Å²) < 4.78 is 58.0. The Morgan fingerprint density at radius 3 is 1.16 bits per heavy atom. The van der Waals surface area contributed by atoms with Crippen molar-refractivity contribution >= 4 is 19.8 Å². The first-order chi connectivity index (χ1) is 36.4. The highest BCUT2D eigenvalue weighted by Crippen LogP contribution is 2.49. The number of esters is 2. The average Bonchev–Trinajstić information content (AvgIpc) is 3.40. The third-order valence-corrected chi connectivity index (χ3v) is 15.4. The van der Waals surface area contributed by atoms with Gasteiger partial charge in [0.25, 0.3) is 0 Å². The minimum atomic E-state index is -5.62. The SMILES string of the molecule is CCCCCCCCCCCCCCCCC(=O)OCC(COP(=O)(O)OC1C(OC2OC(CO)C(O)C(O)C2O)C(O)C(O)C(O)C1OC1OC(CO)C(O)C(O)C1O)OC(=O)CCCCCCCCCCCCC. The fourth-order valence-electron chi connectivity index (χ4n) is 9.65. The summed E-state index contributed by atoms with van der Waals surface area (Å²) in [6, 6.07) is 0. The maximum atomic E-state index is 14.0. The molecule has 0 aromatic rings. The van der Waals surface area contributed by atoms with Crippen molar-refractivity contribution in [2.75, 3.05) is 26.4 Å². The van der Waals surface area contributed by atoms with Crippen LogP contribution in [0.5, 0.6) is 0 Å². The molecule has 3 aliphatic rings. The molecule has 76 heavy (non-hydrogen) atoms. The second-order valence-electron chi connectivity index (χ2n) is 20.8. The van der Waals surface area contributed by atoms with E-state index in [1.807, 2.05) is 0 Å². The second-order valence-corrected chi connectivity index (χ2v) is 22.2. The summed E-state index contributed by atoms with van der Waals surface area (Å²) in [6.07, 6.45) is -7.49. The number of rotatable bonds is 41. The van der Waals surface area contributed by atoms with Gasteiger partial charge < -0.3 is 89.5 Å². The quantitative estimate of drug-likeness (QED) is 0.0238. The molecule has 1 aliphatic carbocycles. The minimum absolute atomic E-state index is 0.0259. The molecule has 0 spiro atoms. The smallest absolute Gasteiger partial charge is 0.462 e. The summed E-state index contributed by atoms with van der Waals surface area (Å²) in [5.41, 5.74) is 0. The molecule has 0 amide bonds. The van der Waals surface area contributed by atoms with E-state index in [0.29, 0.717) is 12.8 Å². The lowest BCUT2D eigenvalue weighted by atomic mass is 9.84. The molecular weight excluding hydrogens is 1020 g/mol. The van der Waals surface area contributed by atoms with Gasteiger partial charge in [0.15, 0.2) is 18.7 Å². The lowest BCUT2D eigenvalue weighted by molar-refractivity contribution is -0.360. The highest BCUT2D eigenvalue weighted by molar-refractivity contribution is 7.47. The number of aliphatic hydroxyl groups is 11. The van der Waals surface area contributed by atoms with E-state index in [0.717, 1.165) is 57.8 Å². The van der Waals surface area contributed by atoms with Gasteiger partial charge in [-0.25, -0.2) is 4.57 Å². The van der Waals surface area contributed by atoms with Crippen LogP contribution in [-0.2, 0) is 51.6 Å². The molecule has 0 aromatic heterocycles. The van der Waals surface area contributed by atoms with Gasteiger partial charge in [0.1, 0.15) is 92.1 Å². The number of phosphoric acid groups is 1. The summed E-state index contributed by atoms with van der Waals surface area (Å²) in [5, 5.41) is 116. The number of phosphoric ester groups is 1. The van der Waals surface area contributed by atoms with Crippen LogP contribution < -0.4 is 0 Å². The monoisotopic (exact) mass is 1120 g/mol. The third kappa shape index (κ3) is 24.3. The molecule has 1 saturated carbocycles. The zero-order valence-electron chi connectivity index (χ0n) is 45.0. The van der Waals surface area contributed by atoms with Crippen molar-refractivity contribution in [3.05, 3.63) is 0 Å². The van der Waals surface area contributed by atoms with Gasteiger partial charge in [-0.1, -0.05) is 162 Å². The number of aliphatic hydroxyl groups excluding tert-OH is 11. The molecule has 3 fully saturated rings. The zero-order chi connectivity index (χ0) is 56.0. The Kier molecular flexibility index (Phi) is 34.6. The Hall–Kier alpha value is -1.55. The van der Waals surface area contributed by atoms with Crippen LogP contribution in [0.15, 0.2) is 0 Å². The van der Waals surface area contributed by atoms with Crippen molar-refractivity contribution in [1.29, 1.82) is 0 Å². The number of unbranched alkanes of at least 4 members (excludes halogenated alkanes) is 23. The van der Waals surface area contributed by atoms with E-state index < -0.39 is 150 Å². The first-order valence-corrected chi connectivity index (χ1v) is 29.9. The van der Waals surface area contributed by atoms with Crippen LogP contribution in [-0.4, -0.2) is 204 Å². The molecule has 2 aliphatic heterocycles. The normalized spacial score (nSPS) is 32.2. The summed E-state index contributed by atoms with van der Waals surface area (Å²) in [7, 11) is -5.62. The van der Waals surface area contributed by atoms with E-state index in [4.69, 9.17) is 37.5 Å². The van der Waals surface area contributed by atoms with Crippen LogP contribution in [0.4, 0.5) is 0 Å². The standard InChI is InChI=1S/C52H97O23P/c1-3-5-7-9-11-13-15-16-17-19-20-22-24-26-28-37(55)68-32-34(70-38(56)29-27-25-23-21-18-14-12-10-8-6-4-2)33-69-76(66,67)75-50-48(73-51-46(64)41(59)39(57)35(30-53)71-51)44(62)43(61)45(63)49(50)74-52-47(65)42(60)40(58)36(31-54)72-52/h34-36,39-54,57-65H,3-33H2,1-2H3,(H,66,67). The van der Waals surface area contributed by atoms with Crippen molar-refractivity contribution in [2.24, 2.45) is 0 Å². The molecule has 16 atom stereocenters. The number of carbonyl (C=O) groups is 2. The molecule has 448 valence electrons. The number of hydrogen-bond donors (Lipinski definition) is 12. The highest BCUT2D eigenvalue weighted by atomic mass is 31.2. The Morgan fingerprint density at radius 2 is 0.789 bits per heavy atom. The van der Waals surface area contributed by atoms with Crippen LogP contribution in [0.2, 0.25) is 0 Å². The van der Waals surface area contributed by atoms with Crippen LogP contribution in [0.3, 0.4) is 0 Å². The fourth-order valence-corrected chi connectivity index (χ4v) is 10.6. The summed E-state index contributed by atoms with van der Waals surface area (Å²) in [5.74, 6) is -1.33. The van der Waals surface area contributed by atoms with Gasteiger partial charge in [0.05, 0.1) is 19.8 Å². The molecule has 2 heterocycles. The maximum absolute atomic E-state index is 14.0. The summed E-state index contributed by atoms with van der Waals surface area (Å²) in [6.45, 7) is 0.992. The Labute approximate surface area is 449 Å². The van der Waals surface area contributed by atoms with Crippen molar-refractivity contribution in [3.8, 4) is 0 Å². The van der Waals surface area contributed by atoms with Crippen LogP contribution >= 0.6 is 7.82 Å². The lowest BCUT2D eigenvalue weighted by Gasteiger charge is -2.49. The summed E-state index contributed by atoms with van der Waals surface area (Å²) >= 11 is 0. The van der Waals surface area contributed by atoms with Gasteiger partial charge >= 0.3 is 19.8 Å². The first kappa shape index (κ1) is 68.7. The molecular formula is C52H97O23P. The second kappa shape index (κ2) is 38.2. The highest BCUT2D eigenvalue weighted by Gasteiger charge is 2.58. The van der Waals surface area contributed by atoms with Crippen molar-refractivity contribution in [2.45, 2.75) is 291 Å². The number of hydrogen-bond acceptors (Lipinski definition) is 22. The van der Waals surface area contributed by atoms with Gasteiger partial charge in [-0.3, -0.25) is 18.6 Å². The van der Waals surface area contributed by atoms with Gasteiger partial charge in [0, 0.05) is 12.8 Å². The molecule has 0 bridgehead atoms. The topological polar surface area (TPSA) is 368 Å². The molecule has 12 N–H and O–H groups in total. The first-order valence-electron chi connectivity index (χ1n) is 28.4. The van der Waals surface area contributed by atoms with Crippen LogP contribution in [0.25, 0.3) is 0 Å². The summed E-state index contributed by atoms with van der Waals surface area (Å²) in [4.78, 5) is 37.4. The average molecular weight is 1120 g/mol. The Morgan fingerprint density at radius 1 is 0.447 bits per heavy atom. The molecule has 2 saturated heterocycles. The van der Waals surface area contributed by atoms with E-state index in [2.05, 4.69) is 13.8 Å². The largest absolute Gasteiger partial charge is 0.472 e. The van der Waals surface area contributed by atoms with E-state index in [-0.39, 0.29) is 12.8 Å². The number of carbonyl (C=O) groups excluding carboxylic acids is 2. The molecule has 23 nitrogen and oxygen atoms in total. The minimum Gasteiger partial charge on any atom is -0.462 e.